The molecule has 3 aromatic rings. The van der Waals surface area contributed by atoms with Gasteiger partial charge in [-0.3, -0.25) is 14.4 Å². The number of morpholine rings is 1. The maximum atomic E-state index is 13.4. The lowest BCUT2D eigenvalue weighted by atomic mass is 10.0. The van der Waals surface area contributed by atoms with Gasteiger partial charge in [-0.2, -0.15) is 0 Å². The number of carbonyl (C=O) groups excluding carboxylic acids is 1. The van der Waals surface area contributed by atoms with Crippen LogP contribution in [0.4, 0.5) is 10.1 Å². The fourth-order valence-corrected chi connectivity index (χ4v) is 4.93. The molecule has 3 aromatic carbocycles. The van der Waals surface area contributed by atoms with Crippen molar-refractivity contribution >= 4 is 21.6 Å². The second-order valence-corrected chi connectivity index (χ2v) is 9.61. The molecular weight excluding hydrogens is 457 g/mol. The van der Waals surface area contributed by atoms with Crippen LogP contribution in [-0.4, -0.2) is 52.1 Å². The van der Waals surface area contributed by atoms with Crippen LogP contribution in [0.1, 0.15) is 22.0 Å². The maximum Gasteiger partial charge on any atom is 0.261 e. The number of halogens is 1. The van der Waals surface area contributed by atoms with Gasteiger partial charge < -0.3 is 10.1 Å². The highest BCUT2D eigenvalue weighted by Gasteiger charge is 2.23. The smallest absolute Gasteiger partial charge is 0.261 e. The van der Waals surface area contributed by atoms with E-state index < -0.39 is 10.0 Å². The molecule has 4 rings (SSSR count). The first-order valence-corrected chi connectivity index (χ1v) is 12.4. The van der Waals surface area contributed by atoms with Crippen LogP contribution < -0.4 is 10.0 Å². The average Bonchev–Trinajstić information content (AvgIpc) is 2.86. The van der Waals surface area contributed by atoms with Crippen molar-refractivity contribution in [1.82, 2.24) is 10.2 Å². The topological polar surface area (TPSA) is 87.7 Å². The van der Waals surface area contributed by atoms with E-state index in [-0.39, 0.29) is 22.7 Å². The van der Waals surface area contributed by atoms with E-state index in [1.54, 1.807) is 48.5 Å². The first-order valence-electron chi connectivity index (χ1n) is 11.0. The molecule has 7 nitrogen and oxygen atoms in total. The van der Waals surface area contributed by atoms with Gasteiger partial charge in [-0.15, -0.1) is 0 Å². The van der Waals surface area contributed by atoms with E-state index in [0.29, 0.717) is 44.1 Å². The normalized spacial score (nSPS) is 15.4. The summed E-state index contributed by atoms with van der Waals surface area (Å²) >= 11 is 0. The number of ether oxygens (including phenoxy) is 1. The van der Waals surface area contributed by atoms with Gasteiger partial charge in [0.15, 0.2) is 0 Å². The van der Waals surface area contributed by atoms with Gasteiger partial charge in [-0.25, -0.2) is 12.8 Å². The highest BCUT2D eigenvalue weighted by molar-refractivity contribution is 7.92. The van der Waals surface area contributed by atoms with Crippen LogP contribution in [0.2, 0.25) is 0 Å². The molecular formula is C25H26FN3O4S. The molecule has 34 heavy (non-hydrogen) atoms. The molecule has 1 fully saturated rings. The quantitative estimate of drug-likeness (QED) is 0.513. The van der Waals surface area contributed by atoms with E-state index in [1.165, 1.54) is 30.3 Å². The maximum absolute atomic E-state index is 13.4. The van der Waals surface area contributed by atoms with Crippen LogP contribution in [-0.2, 0) is 14.8 Å². The molecule has 1 atom stereocenters. The Morgan fingerprint density at radius 3 is 2.38 bits per heavy atom. The van der Waals surface area contributed by atoms with Crippen molar-refractivity contribution in [2.75, 3.05) is 37.6 Å². The summed E-state index contributed by atoms with van der Waals surface area (Å²) in [6.07, 6.45) is 0. The summed E-state index contributed by atoms with van der Waals surface area (Å²) in [5.74, 6) is -0.649. The zero-order valence-electron chi connectivity index (χ0n) is 18.5. The second-order valence-electron chi connectivity index (χ2n) is 7.93. The third kappa shape index (κ3) is 5.99. The number of hydrogen-bond donors (Lipinski definition) is 2. The van der Waals surface area contributed by atoms with Gasteiger partial charge in [-0.1, -0.05) is 36.4 Å². The fraction of sp³-hybridized carbons (Fsp3) is 0.240. The van der Waals surface area contributed by atoms with E-state index in [4.69, 9.17) is 4.74 Å². The molecule has 178 valence electrons. The van der Waals surface area contributed by atoms with Crippen molar-refractivity contribution in [3.05, 3.63) is 95.8 Å². The Morgan fingerprint density at radius 1 is 0.971 bits per heavy atom. The van der Waals surface area contributed by atoms with E-state index in [2.05, 4.69) is 14.9 Å². The molecule has 0 saturated carbocycles. The third-order valence-corrected chi connectivity index (χ3v) is 7.02. The lowest BCUT2D eigenvalue weighted by molar-refractivity contribution is 0.0162. The zero-order valence-corrected chi connectivity index (χ0v) is 19.3. The zero-order chi connectivity index (χ0) is 24.0. The number of amides is 1. The molecule has 1 amide bonds. The first-order chi connectivity index (χ1) is 16.4. The first kappa shape index (κ1) is 23.9. The molecule has 1 saturated heterocycles. The molecule has 9 heteroatoms. The van der Waals surface area contributed by atoms with E-state index in [0.717, 1.165) is 5.56 Å². The van der Waals surface area contributed by atoms with Crippen molar-refractivity contribution < 1.29 is 22.3 Å². The Bertz CT molecular complexity index is 1210. The molecule has 0 radical (unpaired) electrons. The minimum Gasteiger partial charge on any atom is -0.379 e. The summed E-state index contributed by atoms with van der Waals surface area (Å²) in [7, 11) is -3.77. The number of hydrogen-bond acceptors (Lipinski definition) is 5. The van der Waals surface area contributed by atoms with Crippen LogP contribution in [0.3, 0.4) is 0 Å². The number of nitrogens with one attached hydrogen (secondary N) is 2. The van der Waals surface area contributed by atoms with Gasteiger partial charge in [-0.05, 0) is 48.0 Å². The number of sulfonamides is 1. The van der Waals surface area contributed by atoms with Crippen LogP contribution >= 0.6 is 0 Å². The van der Waals surface area contributed by atoms with Crippen molar-refractivity contribution in [2.24, 2.45) is 0 Å². The van der Waals surface area contributed by atoms with Gasteiger partial charge in [0, 0.05) is 30.9 Å². The molecule has 2 N–H and O–H groups in total. The summed E-state index contributed by atoms with van der Waals surface area (Å²) < 4.78 is 46.6. The predicted octanol–water partition coefficient (Wildman–Crippen LogP) is 3.43. The Morgan fingerprint density at radius 2 is 1.68 bits per heavy atom. The Kier molecular flexibility index (Phi) is 7.56. The highest BCUT2D eigenvalue weighted by Crippen LogP contribution is 2.22. The number of carbonyl (C=O) groups is 1. The van der Waals surface area contributed by atoms with Gasteiger partial charge in [0.05, 0.1) is 24.2 Å². The van der Waals surface area contributed by atoms with Gasteiger partial charge in [0.25, 0.3) is 15.9 Å². The van der Waals surface area contributed by atoms with Gasteiger partial charge in [0.1, 0.15) is 5.82 Å². The SMILES string of the molecule is O=C(NCC(c1ccc(F)cc1)N1CCOCC1)c1cccc(NS(=O)(=O)c2ccccc2)c1. The lowest BCUT2D eigenvalue weighted by Gasteiger charge is -2.35. The number of anilines is 1. The van der Waals surface area contributed by atoms with Crippen molar-refractivity contribution in [3.8, 4) is 0 Å². The highest BCUT2D eigenvalue weighted by atomic mass is 32.2. The minimum atomic E-state index is -3.77. The standard InChI is InChI=1S/C25H26FN3O4S/c26-21-11-9-19(10-12-21)24(29-13-15-33-16-14-29)18-27-25(30)20-5-4-6-22(17-20)28-34(31,32)23-7-2-1-3-8-23/h1-12,17,24,28H,13-16,18H2,(H,27,30). The van der Waals surface area contributed by atoms with Crippen molar-refractivity contribution in [2.45, 2.75) is 10.9 Å². The molecule has 1 heterocycles. The molecule has 1 unspecified atom stereocenters. The molecule has 0 aromatic heterocycles. The molecule has 1 aliphatic rings. The molecule has 0 aliphatic carbocycles. The number of benzene rings is 3. The monoisotopic (exact) mass is 483 g/mol. The third-order valence-electron chi connectivity index (χ3n) is 5.63. The fourth-order valence-electron chi connectivity index (χ4n) is 3.86. The molecule has 0 spiro atoms. The number of nitrogens with zero attached hydrogens (tertiary/aromatic N) is 1. The Labute approximate surface area is 198 Å². The largest absolute Gasteiger partial charge is 0.379 e. The summed E-state index contributed by atoms with van der Waals surface area (Å²) in [6, 6.07) is 20.5. The van der Waals surface area contributed by atoms with E-state index in [1.807, 2.05) is 0 Å². The van der Waals surface area contributed by atoms with Crippen LogP contribution in [0.15, 0.2) is 83.8 Å². The Hall–Kier alpha value is -3.27. The van der Waals surface area contributed by atoms with Gasteiger partial charge >= 0.3 is 0 Å². The summed E-state index contributed by atoms with van der Waals surface area (Å²) in [6.45, 7) is 2.90. The lowest BCUT2D eigenvalue weighted by Crippen LogP contribution is -2.43. The molecule has 0 bridgehead atoms. The summed E-state index contributed by atoms with van der Waals surface area (Å²) in [5.41, 5.74) is 1.51. The van der Waals surface area contributed by atoms with Crippen molar-refractivity contribution in [1.29, 1.82) is 0 Å². The van der Waals surface area contributed by atoms with Crippen LogP contribution in [0.5, 0.6) is 0 Å². The summed E-state index contributed by atoms with van der Waals surface area (Å²) in [4.78, 5) is 15.2. The molecule has 1 aliphatic heterocycles. The number of rotatable bonds is 8. The van der Waals surface area contributed by atoms with Crippen LogP contribution in [0.25, 0.3) is 0 Å². The van der Waals surface area contributed by atoms with E-state index >= 15 is 0 Å². The van der Waals surface area contributed by atoms with E-state index in [9.17, 15) is 17.6 Å². The minimum absolute atomic E-state index is 0.137. The van der Waals surface area contributed by atoms with Gasteiger partial charge in [0.2, 0.25) is 0 Å². The summed E-state index contributed by atoms with van der Waals surface area (Å²) in [5, 5.41) is 2.94. The van der Waals surface area contributed by atoms with Crippen molar-refractivity contribution in [3.63, 3.8) is 0 Å². The Balaban J connectivity index is 1.46. The second kappa shape index (κ2) is 10.8. The average molecular weight is 484 g/mol. The van der Waals surface area contributed by atoms with Crippen LogP contribution in [0, 0.1) is 5.82 Å². The predicted molar refractivity (Wildman–Crippen MR) is 128 cm³/mol.